The molecular formula is C28H40N5O11P. The predicted octanol–water partition coefficient (Wildman–Crippen LogP) is 2.05. The van der Waals surface area contributed by atoms with Crippen LogP contribution in [0.5, 0.6) is 0 Å². The van der Waals surface area contributed by atoms with Crippen LogP contribution in [0.25, 0.3) is 4.85 Å². The molecule has 2 aromatic rings. The second-order valence-electron chi connectivity index (χ2n) is 11.2. The number of nitrogens with zero attached hydrogens (tertiary/aromatic N) is 3. The van der Waals surface area contributed by atoms with Crippen LogP contribution >= 0.6 is 7.82 Å². The second kappa shape index (κ2) is 14.1. The summed E-state index contributed by atoms with van der Waals surface area (Å²) < 4.78 is 47.0. The number of nitrogens with one attached hydrogen (secondary N) is 2. The molecule has 0 bridgehead atoms. The summed E-state index contributed by atoms with van der Waals surface area (Å²) in [6.07, 6.45) is -2.02. The number of phosphoric ester groups is 1. The van der Waals surface area contributed by atoms with Gasteiger partial charge in [0.15, 0.2) is 0 Å². The molecule has 2 saturated heterocycles. The minimum absolute atomic E-state index is 0.0195. The Morgan fingerprint density at radius 3 is 2.07 bits per heavy atom. The van der Waals surface area contributed by atoms with E-state index in [1.165, 1.54) is 28.5 Å². The number of aromatic nitrogens is 4. The lowest BCUT2D eigenvalue weighted by atomic mass is 9.87. The van der Waals surface area contributed by atoms with Crippen LogP contribution < -0.4 is 22.5 Å². The summed E-state index contributed by atoms with van der Waals surface area (Å²) in [5, 5.41) is 11.2. The molecule has 17 heteroatoms. The molecule has 2 aliphatic heterocycles. The van der Waals surface area contributed by atoms with Crippen LogP contribution in [0.2, 0.25) is 0 Å². The van der Waals surface area contributed by atoms with Crippen LogP contribution in [0.3, 0.4) is 0 Å². The van der Waals surface area contributed by atoms with Gasteiger partial charge in [-0.3, -0.25) is 42.3 Å². The Hall–Kier alpha value is -3.16. The third-order valence-corrected chi connectivity index (χ3v) is 9.93. The van der Waals surface area contributed by atoms with Gasteiger partial charge >= 0.3 is 19.2 Å². The molecule has 45 heavy (non-hydrogen) atoms. The highest BCUT2D eigenvalue weighted by Gasteiger charge is 2.54. The first-order valence-corrected chi connectivity index (χ1v) is 16.4. The lowest BCUT2D eigenvalue weighted by molar-refractivity contribution is -0.143. The molecule has 2 fully saturated rings. The second-order valence-corrected chi connectivity index (χ2v) is 12.8. The molecule has 1 unspecified atom stereocenters. The molecule has 248 valence electrons. The molecular weight excluding hydrogens is 613 g/mol. The van der Waals surface area contributed by atoms with Crippen molar-refractivity contribution < 1.29 is 32.7 Å². The first kappa shape index (κ1) is 34.7. The van der Waals surface area contributed by atoms with Gasteiger partial charge in [0.05, 0.1) is 18.3 Å². The van der Waals surface area contributed by atoms with Crippen molar-refractivity contribution in [2.24, 2.45) is 0 Å². The van der Waals surface area contributed by atoms with Gasteiger partial charge in [-0.1, -0.05) is 20.8 Å². The Labute approximate surface area is 258 Å². The minimum atomic E-state index is -4.52. The van der Waals surface area contributed by atoms with Gasteiger partial charge in [0.25, 0.3) is 11.1 Å². The molecule has 0 saturated carbocycles. The summed E-state index contributed by atoms with van der Waals surface area (Å²) in [6.45, 7) is 15.1. The van der Waals surface area contributed by atoms with E-state index in [1.54, 1.807) is 20.8 Å². The molecule has 2 aromatic heterocycles. The summed E-state index contributed by atoms with van der Waals surface area (Å²) in [5.41, 5.74) is -3.30. The van der Waals surface area contributed by atoms with E-state index in [0.29, 0.717) is 12.0 Å². The van der Waals surface area contributed by atoms with Gasteiger partial charge < -0.3 is 19.4 Å². The molecule has 4 rings (SSSR count). The number of aliphatic hydroxyl groups excluding tert-OH is 1. The lowest BCUT2D eigenvalue weighted by Gasteiger charge is -2.40. The number of aromatic amines is 2. The van der Waals surface area contributed by atoms with Gasteiger partial charge in [-0.25, -0.2) is 20.7 Å². The standard InChI is InChI=1S/C28H40N5O11P/c1-7-19-20(13-22(41-19)33-15-17(5)25(36)31-27(33)38)43-45(39,40-11-10-29-6)44-28(8-2,9-3)23-18(34)12-21(42-23)32-14-16(4)24(35)30-26(32)37/h14-15,18-23,34H,7-13H2,1-5H3,(H,30,35,37)(H,31,36,38)/t18-,19-,20-,21-,22-,23+,45?/m1/s1. The van der Waals surface area contributed by atoms with Crippen LogP contribution in [-0.2, 0) is 27.6 Å². The summed E-state index contributed by atoms with van der Waals surface area (Å²) in [7, 11) is -4.52. The topological polar surface area (TPSA) is 198 Å². The molecule has 2 aliphatic rings. The lowest BCUT2D eigenvalue weighted by Crippen LogP contribution is -2.49. The Kier molecular flexibility index (Phi) is 10.9. The molecule has 4 heterocycles. The van der Waals surface area contributed by atoms with E-state index in [9.17, 15) is 28.8 Å². The van der Waals surface area contributed by atoms with Gasteiger partial charge in [-0.2, -0.15) is 0 Å². The zero-order valence-corrected chi connectivity index (χ0v) is 26.8. The predicted molar refractivity (Wildman–Crippen MR) is 160 cm³/mol. The van der Waals surface area contributed by atoms with E-state index in [0.717, 1.165) is 0 Å². The number of aryl methyl sites for hydroxylation is 2. The fourth-order valence-electron chi connectivity index (χ4n) is 5.74. The smallest absolute Gasteiger partial charge is 0.390 e. The van der Waals surface area contributed by atoms with Crippen LogP contribution in [0.15, 0.2) is 31.6 Å². The first-order valence-electron chi connectivity index (χ1n) is 14.9. The summed E-state index contributed by atoms with van der Waals surface area (Å²) in [4.78, 5) is 56.6. The van der Waals surface area contributed by atoms with Crippen molar-refractivity contribution >= 4 is 7.82 Å². The van der Waals surface area contributed by atoms with E-state index in [-0.39, 0.29) is 44.4 Å². The average Bonchev–Trinajstić information content (AvgIpc) is 3.58. The average molecular weight is 654 g/mol. The van der Waals surface area contributed by atoms with Gasteiger partial charge in [0, 0.05) is 36.4 Å². The van der Waals surface area contributed by atoms with Crippen molar-refractivity contribution in [3.8, 4) is 0 Å². The number of phosphoric acid groups is 1. The van der Waals surface area contributed by atoms with Crippen LogP contribution in [0.4, 0.5) is 0 Å². The number of ether oxygens (including phenoxy) is 2. The number of aliphatic hydroxyl groups is 1. The summed E-state index contributed by atoms with van der Waals surface area (Å²) >= 11 is 0. The Morgan fingerprint density at radius 2 is 1.56 bits per heavy atom. The summed E-state index contributed by atoms with van der Waals surface area (Å²) in [6, 6.07) is 0. The molecule has 0 amide bonds. The summed E-state index contributed by atoms with van der Waals surface area (Å²) in [5.74, 6) is 0. The Balaban J connectivity index is 1.63. The molecule has 0 spiro atoms. The highest BCUT2D eigenvalue weighted by molar-refractivity contribution is 7.48. The fourth-order valence-corrected chi connectivity index (χ4v) is 7.57. The number of hydrogen-bond donors (Lipinski definition) is 3. The van der Waals surface area contributed by atoms with Crippen molar-refractivity contribution in [2.45, 2.75) is 109 Å². The van der Waals surface area contributed by atoms with Crippen molar-refractivity contribution in [2.75, 3.05) is 13.2 Å². The fraction of sp³-hybridized carbons (Fsp3) is 0.679. The van der Waals surface area contributed by atoms with E-state index in [1.807, 2.05) is 6.92 Å². The zero-order valence-electron chi connectivity index (χ0n) is 25.9. The van der Waals surface area contributed by atoms with Gasteiger partial charge in [0.2, 0.25) is 6.54 Å². The van der Waals surface area contributed by atoms with E-state index < -0.39 is 72.8 Å². The van der Waals surface area contributed by atoms with Gasteiger partial charge in [0.1, 0.15) is 30.8 Å². The third-order valence-electron chi connectivity index (χ3n) is 8.32. The highest BCUT2D eigenvalue weighted by Crippen LogP contribution is 2.58. The van der Waals surface area contributed by atoms with Crippen LogP contribution in [-0.4, -0.2) is 67.4 Å². The largest absolute Gasteiger partial charge is 0.476 e. The maximum absolute atomic E-state index is 14.4. The maximum Gasteiger partial charge on any atom is 0.476 e. The van der Waals surface area contributed by atoms with Gasteiger partial charge in [-0.15, -0.1) is 0 Å². The molecule has 0 radical (unpaired) electrons. The van der Waals surface area contributed by atoms with E-state index >= 15 is 0 Å². The first-order chi connectivity index (χ1) is 21.3. The molecule has 7 atom stereocenters. The van der Waals surface area contributed by atoms with Crippen molar-refractivity contribution in [1.29, 1.82) is 0 Å². The van der Waals surface area contributed by atoms with Gasteiger partial charge in [-0.05, 0) is 33.1 Å². The Bertz CT molecular complexity index is 1690. The molecule has 16 nitrogen and oxygen atoms in total. The maximum atomic E-state index is 14.4. The van der Waals surface area contributed by atoms with Crippen LogP contribution in [0.1, 0.15) is 76.5 Å². The number of hydrogen-bond acceptors (Lipinski definition) is 11. The van der Waals surface area contributed by atoms with Crippen molar-refractivity contribution in [3.05, 3.63) is 76.6 Å². The molecule has 0 aromatic carbocycles. The minimum Gasteiger partial charge on any atom is -0.390 e. The highest BCUT2D eigenvalue weighted by atomic mass is 31.2. The van der Waals surface area contributed by atoms with E-state index in [2.05, 4.69) is 14.8 Å². The monoisotopic (exact) mass is 653 g/mol. The zero-order chi connectivity index (χ0) is 33.1. The Morgan fingerprint density at radius 1 is 1.00 bits per heavy atom. The van der Waals surface area contributed by atoms with Crippen molar-refractivity contribution in [3.63, 3.8) is 0 Å². The molecule has 3 N–H and O–H groups in total. The third kappa shape index (κ3) is 7.30. The normalized spacial score (nSPS) is 26.5. The SMILES string of the molecule is [C-]#[N+]CCOP(=O)(O[C@@H]1C[C@H](n2cc(C)c(=O)[nH]c2=O)O[C@@H]1CC)OC(CC)(CC)[C@H]1O[C@@H](n2cc(C)c(=O)[nH]c2=O)C[C@H]1O. The molecule has 0 aliphatic carbocycles. The van der Waals surface area contributed by atoms with E-state index in [4.69, 9.17) is 29.6 Å². The quantitative estimate of drug-likeness (QED) is 0.163. The van der Waals surface area contributed by atoms with Crippen molar-refractivity contribution in [1.82, 2.24) is 19.1 Å². The number of H-pyrrole nitrogens is 2. The van der Waals surface area contributed by atoms with Crippen LogP contribution in [0, 0.1) is 20.4 Å². The number of rotatable bonds is 13.